The number of carboxylic acids is 1. The summed E-state index contributed by atoms with van der Waals surface area (Å²) in [6.07, 6.45) is 10.4. The van der Waals surface area contributed by atoms with E-state index >= 15 is 0 Å². The van der Waals surface area contributed by atoms with E-state index in [0.717, 1.165) is 77.6 Å². The van der Waals surface area contributed by atoms with Gasteiger partial charge in [-0.15, -0.1) is 0 Å². The summed E-state index contributed by atoms with van der Waals surface area (Å²) >= 11 is 0. The first-order valence-corrected chi connectivity index (χ1v) is 32.2. The molecule has 0 radical (unpaired) electrons. The number of carbonyl (C=O) groups is 3. The number of amides is 2. The molecular formula is C62H112N2O21. The van der Waals surface area contributed by atoms with Gasteiger partial charge in [-0.2, -0.15) is 0 Å². The van der Waals surface area contributed by atoms with E-state index in [9.17, 15) is 75.7 Å². The standard InChI is InChI=1S/C62H112N2O21/c1-4-6-8-10-12-14-16-18-20-22-23-25-27-29-31-33-35-44(69)43(64-49(72)36-34-32-30-28-26-24-21-19-17-15-13-11-9-7-5-2)41-80-59-54(76)53(75)56(48(40-67)82-59)83-60-55(77)58(52(74)47(39-66)81-60)85-62(61(78)79)37-45(70)50(63-42(3)68)57(84-62)51(73)46(71)38-65/h13,15,17,19,43-48,50-60,65-67,69-71,73-77H,4-12,14,16,18,20-41H2,1-3H3,(H,63,68)(H,64,72)(H,78,79)/b15-13-,19-17-. The monoisotopic (exact) mass is 1220 g/mol. The van der Waals surface area contributed by atoms with Crippen molar-refractivity contribution in [1.82, 2.24) is 10.6 Å². The van der Waals surface area contributed by atoms with E-state index in [1.54, 1.807) is 0 Å². The minimum Gasteiger partial charge on any atom is -0.477 e. The van der Waals surface area contributed by atoms with Crippen LogP contribution in [0.5, 0.6) is 0 Å². The number of ether oxygens (including phenoxy) is 6. The first kappa shape index (κ1) is 76.5. The summed E-state index contributed by atoms with van der Waals surface area (Å²) in [4.78, 5) is 38.4. The van der Waals surface area contributed by atoms with Gasteiger partial charge in [0.2, 0.25) is 11.8 Å². The number of unbranched alkanes of at least 4 members (excludes halogenated alkanes) is 24. The molecule has 23 nitrogen and oxygen atoms in total. The van der Waals surface area contributed by atoms with E-state index in [1.165, 1.54) is 89.9 Å². The average Bonchev–Trinajstić information content (AvgIpc) is 1.27. The minimum atomic E-state index is -3.08. The molecule has 0 bridgehead atoms. The van der Waals surface area contributed by atoms with Crippen LogP contribution in [-0.2, 0) is 42.8 Å². The van der Waals surface area contributed by atoms with Crippen LogP contribution in [0.25, 0.3) is 0 Å². The van der Waals surface area contributed by atoms with E-state index in [2.05, 4.69) is 48.8 Å². The number of rotatable bonds is 47. The Morgan fingerprint density at radius 1 is 0.612 bits per heavy atom. The molecule has 3 saturated heterocycles. The van der Waals surface area contributed by atoms with E-state index < -0.39 is 148 Å². The van der Waals surface area contributed by atoms with Gasteiger partial charge >= 0.3 is 5.97 Å². The number of hydrogen-bond donors (Lipinski definition) is 14. The molecule has 0 aromatic carbocycles. The maximum Gasteiger partial charge on any atom is 0.364 e. The van der Waals surface area contributed by atoms with Gasteiger partial charge in [0.1, 0.15) is 67.1 Å². The van der Waals surface area contributed by atoms with Crippen LogP contribution in [0.15, 0.2) is 24.3 Å². The van der Waals surface area contributed by atoms with Gasteiger partial charge in [0, 0.05) is 19.8 Å². The normalized spacial score (nSPS) is 29.7. The first-order valence-electron chi connectivity index (χ1n) is 32.2. The third-order valence-electron chi connectivity index (χ3n) is 16.4. The van der Waals surface area contributed by atoms with Crippen LogP contribution >= 0.6 is 0 Å². The van der Waals surface area contributed by atoms with Crippen molar-refractivity contribution in [2.75, 3.05) is 26.4 Å². The molecule has 85 heavy (non-hydrogen) atoms. The second kappa shape index (κ2) is 43.8. The highest BCUT2D eigenvalue weighted by atomic mass is 16.8. The van der Waals surface area contributed by atoms with Crippen LogP contribution in [0.4, 0.5) is 0 Å². The highest BCUT2D eigenvalue weighted by molar-refractivity contribution is 5.77. The molecule has 0 aromatic heterocycles. The Kier molecular flexibility index (Phi) is 39.4. The van der Waals surface area contributed by atoms with E-state index in [-0.39, 0.29) is 18.9 Å². The molecule has 3 heterocycles. The van der Waals surface area contributed by atoms with Crippen molar-refractivity contribution in [3.05, 3.63) is 24.3 Å². The molecule has 18 atom stereocenters. The Labute approximate surface area is 504 Å². The van der Waals surface area contributed by atoms with Gasteiger partial charge in [-0.1, -0.05) is 179 Å². The summed E-state index contributed by atoms with van der Waals surface area (Å²) < 4.78 is 34.8. The molecule has 0 aromatic rings. The Bertz CT molecular complexity index is 1830. The number of aliphatic hydroxyl groups is 11. The zero-order valence-electron chi connectivity index (χ0n) is 51.2. The van der Waals surface area contributed by atoms with Crippen molar-refractivity contribution in [2.24, 2.45) is 0 Å². The number of carboxylic acid groups (broad SMARTS) is 1. The molecule has 3 fully saturated rings. The van der Waals surface area contributed by atoms with Crippen molar-refractivity contribution in [3.63, 3.8) is 0 Å². The van der Waals surface area contributed by atoms with Gasteiger partial charge in [-0.25, -0.2) is 4.79 Å². The molecule has 0 saturated carbocycles. The predicted octanol–water partition coefficient (Wildman–Crippen LogP) is 4.11. The molecule has 18 unspecified atom stereocenters. The van der Waals surface area contributed by atoms with Gasteiger partial charge in [-0.05, 0) is 38.5 Å². The maximum atomic E-state index is 13.4. The fourth-order valence-corrected chi connectivity index (χ4v) is 11.2. The summed E-state index contributed by atoms with van der Waals surface area (Å²) in [5.41, 5.74) is 0. The summed E-state index contributed by atoms with van der Waals surface area (Å²) in [5.74, 6) is -6.12. The molecular weight excluding hydrogens is 1110 g/mol. The summed E-state index contributed by atoms with van der Waals surface area (Å²) in [5, 5.41) is 136. The number of allylic oxidation sites excluding steroid dienone is 4. The number of carbonyl (C=O) groups excluding carboxylic acids is 2. The first-order chi connectivity index (χ1) is 40.9. The molecule has 2 amide bonds. The zero-order chi connectivity index (χ0) is 62.6. The number of aliphatic carboxylic acids is 1. The largest absolute Gasteiger partial charge is 0.477 e. The number of aliphatic hydroxyl groups excluding tert-OH is 11. The maximum absolute atomic E-state index is 13.4. The van der Waals surface area contributed by atoms with Crippen LogP contribution in [0.2, 0.25) is 0 Å². The third-order valence-corrected chi connectivity index (χ3v) is 16.4. The van der Waals surface area contributed by atoms with Crippen LogP contribution in [0.3, 0.4) is 0 Å². The Hall–Kier alpha value is -2.79. The van der Waals surface area contributed by atoms with Gasteiger partial charge < -0.3 is 100 Å². The van der Waals surface area contributed by atoms with Crippen molar-refractivity contribution in [3.8, 4) is 0 Å². The highest BCUT2D eigenvalue weighted by Crippen LogP contribution is 2.38. The van der Waals surface area contributed by atoms with Gasteiger partial charge in [0.25, 0.3) is 5.79 Å². The molecule has 0 aliphatic carbocycles. The minimum absolute atomic E-state index is 0.210. The van der Waals surface area contributed by atoms with Crippen molar-refractivity contribution >= 4 is 17.8 Å². The lowest BCUT2D eigenvalue weighted by Gasteiger charge is -2.50. The lowest BCUT2D eigenvalue weighted by molar-refractivity contribution is -0.386. The summed E-state index contributed by atoms with van der Waals surface area (Å²) in [7, 11) is 0. The van der Waals surface area contributed by atoms with E-state index in [0.29, 0.717) is 19.3 Å². The number of hydrogen-bond acceptors (Lipinski definition) is 20. The molecule has 0 spiro atoms. The summed E-state index contributed by atoms with van der Waals surface area (Å²) in [6.45, 7) is 2.14. The fourth-order valence-electron chi connectivity index (χ4n) is 11.2. The smallest absolute Gasteiger partial charge is 0.364 e. The number of nitrogens with one attached hydrogen (secondary N) is 2. The lowest BCUT2D eigenvalue weighted by atomic mass is 9.88. The van der Waals surface area contributed by atoms with Crippen molar-refractivity contribution in [2.45, 2.75) is 323 Å². The molecule has 496 valence electrons. The predicted molar refractivity (Wildman–Crippen MR) is 315 cm³/mol. The summed E-state index contributed by atoms with van der Waals surface area (Å²) in [6, 6.07) is -2.54. The zero-order valence-corrected chi connectivity index (χ0v) is 51.2. The fraction of sp³-hybridized carbons (Fsp3) is 0.887. The van der Waals surface area contributed by atoms with Gasteiger partial charge in [0.15, 0.2) is 12.6 Å². The third kappa shape index (κ3) is 27.5. The Morgan fingerprint density at radius 3 is 1.65 bits per heavy atom. The van der Waals surface area contributed by atoms with Gasteiger partial charge in [0.05, 0.1) is 50.7 Å². The van der Waals surface area contributed by atoms with Crippen LogP contribution in [-0.4, -0.2) is 215 Å². The second-order valence-corrected chi connectivity index (χ2v) is 23.7. The topological polar surface area (TPSA) is 373 Å². The Morgan fingerprint density at radius 2 is 1.12 bits per heavy atom. The Balaban J connectivity index is 1.64. The van der Waals surface area contributed by atoms with E-state index in [4.69, 9.17) is 28.4 Å². The second-order valence-electron chi connectivity index (χ2n) is 23.7. The molecule has 23 heteroatoms. The quantitative estimate of drug-likeness (QED) is 0.0301. The SMILES string of the molecule is CCCCC/C=C\C=C/CCCCCCCCC(=O)NC(COC1OC(CO)C(OC2OC(CO)C(O)C(OC3(C(=O)O)CC(O)C(NC(C)=O)C(C(O)C(O)CO)O3)C2O)C(O)C1O)C(O)CCCCCCCCCCCCCCCCCC. The van der Waals surface area contributed by atoms with Crippen LogP contribution in [0.1, 0.15) is 213 Å². The van der Waals surface area contributed by atoms with Gasteiger partial charge in [-0.3, -0.25) is 9.59 Å². The molecule has 3 rings (SSSR count). The lowest BCUT2D eigenvalue weighted by Crippen LogP contribution is -2.70. The molecule has 3 aliphatic rings. The highest BCUT2D eigenvalue weighted by Gasteiger charge is 2.60. The van der Waals surface area contributed by atoms with E-state index in [1.807, 2.05) is 0 Å². The molecule has 14 N–H and O–H groups in total. The van der Waals surface area contributed by atoms with Crippen LogP contribution < -0.4 is 10.6 Å². The van der Waals surface area contributed by atoms with Crippen LogP contribution in [0, 0.1) is 0 Å². The molecule has 3 aliphatic heterocycles. The van der Waals surface area contributed by atoms with Crippen molar-refractivity contribution in [1.29, 1.82) is 0 Å². The van der Waals surface area contributed by atoms with Crippen molar-refractivity contribution < 1.29 is 104 Å². The average molecular weight is 1220 g/mol.